The van der Waals surface area contributed by atoms with E-state index in [0.717, 1.165) is 20.8 Å². The topological polar surface area (TPSA) is 40.9 Å². The van der Waals surface area contributed by atoms with Crippen LogP contribution in [0.5, 0.6) is 0 Å². The number of carbonyl (C=O) groups is 1. The maximum absolute atomic E-state index is 10.5. The molecule has 0 aliphatic rings. The number of fused-ring (bicyclic) bond motifs is 1. The van der Waals surface area contributed by atoms with Gasteiger partial charge in [0.15, 0.2) is 6.29 Å². The molecule has 0 saturated heterocycles. The number of rotatable bonds is 1. The van der Waals surface area contributed by atoms with Gasteiger partial charge in [-0.15, -0.1) is 11.3 Å². The van der Waals surface area contributed by atoms with Crippen LogP contribution in [0.1, 0.15) is 15.2 Å². The van der Waals surface area contributed by atoms with Gasteiger partial charge in [0.25, 0.3) is 0 Å². The van der Waals surface area contributed by atoms with Gasteiger partial charge in [-0.2, -0.15) is 5.26 Å². The Bertz CT molecular complexity index is 553. The molecule has 0 fully saturated rings. The highest BCUT2D eigenvalue weighted by Crippen LogP contribution is 2.29. The molecule has 1 aromatic heterocycles. The lowest BCUT2D eigenvalue weighted by atomic mass is 10.2. The zero-order valence-electron chi connectivity index (χ0n) is 6.95. The second-order valence-electron chi connectivity index (χ2n) is 2.75. The summed E-state index contributed by atoms with van der Waals surface area (Å²) >= 11 is 4.73. The summed E-state index contributed by atoms with van der Waals surface area (Å²) in [6.45, 7) is 0. The maximum Gasteiger partial charge on any atom is 0.160 e. The molecule has 0 radical (unpaired) electrons. The fourth-order valence-corrected chi connectivity index (χ4v) is 2.71. The van der Waals surface area contributed by atoms with Gasteiger partial charge in [-0.05, 0) is 39.5 Å². The Labute approximate surface area is 92.9 Å². The molecule has 0 amide bonds. The molecule has 0 N–H and O–H groups in total. The first-order valence-corrected chi connectivity index (χ1v) is 5.44. The highest BCUT2D eigenvalue weighted by molar-refractivity contribution is 9.10. The molecule has 0 aliphatic carbocycles. The second-order valence-corrected chi connectivity index (χ2v) is 4.72. The van der Waals surface area contributed by atoms with E-state index in [-0.39, 0.29) is 0 Å². The lowest BCUT2D eigenvalue weighted by molar-refractivity contribution is 0.112. The van der Waals surface area contributed by atoms with Crippen LogP contribution in [-0.2, 0) is 0 Å². The van der Waals surface area contributed by atoms with Gasteiger partial charge in [0, 0.05) is 9.17 Å². The lowest BCUT2D eigenvalue weighted by Gasteiger charge is -1.94. The van der Waals surface area contributed by atoms with E-state index in [1.165, 1.54) is 11.3 Å². The Morgan fingerprint density at radius 1 is 1.43 bits per heavy atom. The van der Waals surface area contributed by atoms with Crippen molar-refractivity contribution >= 4 is 43.6 Å². The molecular weight excluding hydrogens is 262 g/mol. The summed E-state index contributed by atoms with van der Waals surface area (Å²) in [4.78, 5) is 11.2. The van der Waals surface area contributed by atoms with Crippen LogP contribution in [0, 0.1) is 11.3 Å². The van der Waals surface area contributed by atoms with Crippen molar-refractivity contribution in [1.82, 2.24) is 0 Å². The third-order valence-corrected chi connectivity index (χ3v) is 3.54. The molecule has 0 spiro atoms. The van der Waals surface area contributed by atoms with Crippen molar-refractivity contribution in [3.05, 3.63) is 33.1 Å². The predicted molar refractivity (Wildman–Crippen MR) is 59.6 cm³/mol. The number of benzene rings is 1. The number of hydrogen-bond donors (Lipinski definition) is 0. The van der Waals surface area contributed by atoms with Crippen LogP contribution in [-0.4, -0.2) is 6.29 Å². The zero-order valence-corrected chi connectivity index (χ0v) is 9.35. The van der Waals surface area contributed by atoms with Crippen LogP contribution in [0.2, 0.25) is 0 Å². The summed E-state index contributed by atoms with van der Waals surface area (Å²) in [5, 5.41) is 9.74. The Balaban J connectivity index is 2.77. The molecule has 1 heterocycles. The number of carbonyl (C=O) groups excluding carboxylic acids is 1. The van der Waals surface area contributed by atoms with E-state index in [1.807, 2.05) is 6.07 Å². The molecule has 1 aromatic carbocycles. The minimum absolute atomic E-state index is 0.591. The smallest absolute Gasteiger partial charge is 0.160 e. The minimum Gasteiger partial charge on any atom is -0.297 e. The van der Waals surface area contributed by atoms with Crippen molar-refractivity contribution in [1.29, 1.82) is 5.26 Å². The Morgan fingerprint density at radius 3 is 2.86 bits per heavy atom. The first-order chi connectivity index (χ1) is 6.74. The molecule has 0 unspecified atom stereocenters. The first kappa shape index (κ1) is 9.38. The monoisotopic (exact) mass is 265 g/mol. The quantitative estimate of drug-likeness (QED) is 0.742. The van der Waals surface area contributed by atoms with Crippen molar-refractivity contribution in [3.8, 4) is 6.07 Å². The molecule has 2 rings (SSSR count). The summed E-state index contributed by atoms with van der Waals surface area (Å²) in [7, 11) is 0. The normalized spacial score (nSPS) is 10.0. The standard InChI is InChI=1S/C10H4BrNOS/c11-9-3-10-6(1-7(9)4-12)2-8(5-13)14-10/h1-3,5H. The number of thiophene rings is 1. The summed E-state index contributed by atoms with van der Waals surface area (Å²) in [5.41, 5.74) is 0.591. The number of hydrogen-bond acceptors (Lipinski definition) is 3. The summed E-state index contributed by atoms with van der Waals surface area (Å²) in [5.74, 6) is 0. The Hall–Kier alpha value is -1.18. The van der Waals surface area contributed by atoms with Gasteiger partial charge in [-0.3, -0.25) is 4.79 Å². The molecule has 0 bridgehead atoms. The van der Waals surface area contributed by atoms with Gasteiger partial charge in [-0.25, -0.2) is 0 Å². The van der Waals surface area contributed by atoms with Crippen LogP contribution in [0.15, 0.2) is 22.7 Å². The zero-order chi connectivity index (χ0) is 10.1. The Kier molecular flexibility index (Phi) is 2.36. The number of aldehydes is 1. The summed E-state index contributed by atoms with van der Waals surface area (Å²) < 4.78 is 1.78. The molecule has 4 heteroatoms. The van der Waals surface area contributed by atoms with Crippen LogP contribution < -0.4 is 0 Å². The fourth-order valence-electron chi connectivity index (χ4n) is 1.23. The fraction of sp³-hybridized carbons (Fsp3) is 0. The van der Waals surface area contributed by atoms with E-state index in [2.05, 4.69) is 22.0 Å². The lowest BCUT2D eigenvalue weighted by Crippen LogP contribution is -1.75. The third kappa shape index (κ3) is 1.45. The number of nitriles is 1. The molecule has 2 nitrogen and oxygen atoms in total. The van der Waals surface area contributed by atoms with Gasteiger partial charge in [0.2, 0.25) is 0 Å². The van der Waals surface area contributed by atoms with Crippen LogP contribution >= 0.6 is 27.3 Å². The van der Waals surface area contributed by atoms with E-state index in [1.54, 1.807) is 12.1 Å². The van der Waals surface area contributed by atoms with Crippen LogP contribution in [0.4, 0.5) is 0 Å². The molecule has 68 valence electrons. The predicted octanol–water partition coefficient (Wildman–Crippen LogP) is 3.35. The van der Waals surface area contributed by atoms with Crippen molar-refractivity contribution < 1.29 is 4.79 Å². The van der Waals surface area contributed by atoms with Gasteiger partial charge in [0.1, 0.15) is 6.07 Å². The molecule has 0 atom stereocenters. The van der Waals surface area contributed by atoms with Crippen LogP contribution in [0.3, 0.4) is 0 Å². The molecule has 2 aromatic rings. The molecule has 0 saturated carbocycles. The van der Waals surface area contributed by atoms with E-state index >= 15 is 0 Å². The van der Waals surface area contributed by atoms with Gasteiger partial charge >= 0.3 is 0 Å². The van der Waals surface area contributed by atoms with Gasteiger partial charge < -0.3 is 0 Å². The second kappa shape index (κ2) is 3.52. The van der Waals surface area contributed by atoms with E-state index in [9.17, 15) is 4.79 Å². The number of halogens is 1. The average molecular weight is 266 g/mol. The van der Waals surface area contributed by atoms with Crippen LogP contribution in [0.25, 0.3) is 10.1 Å². The van der Waals surface area contributed by atoms with E-state index in [4.69, 9.17) is 5.26 Å². The van der Waals surface area contributed by atoms with Gasteiger partial charge in [-0.1, -0.05) is 0 Å². The van der Waals surface area contributed by atoms with E-state index < -0.39 is 0 Å². The molecule has 0 aliphatic heterocycles. The summed E-state index contributed by atoms with van der Waals surface area (Å²) in [6, 6.07) is 7.52. The molecular formula is C10H4BrNOS. The minimum atomic E-state index is 0.591. The first-order valence-electron chi connectivity index (χ1n) is 3.83. The van der Waals surface area contributed by atoms with Crippen molar-refractivity contribution in [2.75, 3.05) is 0 Å². The highest BCUT2D eigenvalue weighted by Gasteiger charge is 2.05. The molecule has 14 heavy (non-hydrogen) atoms. The Morgan fingerprint density at radius 2 is 2.21 bits per heavy atom. The van der Waals surface area contributed by atoms with Crippen molar-refractivity contribution in [3.63, 3.8) is 0 Å². The van der Waals surface area contributed by atoms with E-state index in [0.29, 0.717) is 10.4 Å². The highest BCUT2D eigenvalue weighted by atomic mass is 79.9. The maximum atomic E-state index is 10.5. The van der Waals surface area contributed by atoms with Crippen molar-refractivity contribution in [2.24, 2.45) is 0 Å². The largest absolute Gasteiger partial charge is 0.297 e. The van der Waals surface area contributed by atoms with Gasteiger partial charge in [0.05, 0.1) is 10.4 Å². The third-order valence-electron chi connectivity index (χ3n) is 1.86. The summed E-state index contributed by atoms with van der Waals surface area (Å²) in [6.07, 6.45) is 0.824. The number of nitrogens with zero attached hydrogens (tertiary/aromatic N) is 1. The SMILES string of the molecule is N#Cc1cc2cc(C=O)sc2cc1Br. The average Bonchev–Trinajstić information content (AvgIpc) is 2.58. The van der Waals surface area contributed by atoms with Crippen molar-refractivity contribution in [2.45, 2.75) is 0 Å².